The van der Waals surface area contributed by atoms with Gasteiger partial charge < -0.3 is 24.9 Å². The molecule has 2 rings (SSSR count). The summed E-state index contributed by atoms with van der Waals surface area (Å²) in [7, 11) is 0. The van der Waals surface area contributed by atoms with E-state index in [1.54, 1.807) is 20.8 Å². The fraction of sp³-hybridized carbons (Fsp3) is 0.333. The highest BCUT2D eigenvalue weighted by atomic mass is 19.3. The van der Waals surface area contributed by atoms with Gasteiger partial charge in [0.1, 0.15) is 11.4 Å². The predicted molar refractivity (Wildman–Crippen MR) is 92.9 cm³/mol. The van der Waals surface area contributed by atoms with Crippen LogP contribution in [0.2, 0.25) is 0 Å². The summed E-state index contributed by atoms with van der Waals surface area (Å²) in [5, 5.41) is 12.2. The fourth-order valence-electron chi connectivity index (χ4n) is 2.72. The van der Waals surface area contributed by atoms with Gasteiger partial charge in [-0.3, -0.25) is 4.79 Å². The second-order valence-electron chi connectivity index (χ2n) is 5.87. The number of aryl methyl sites for hydroxylation is 1. The van der Waals surface area contributed by atoms with E-state index in [1.165, 1.54) is 24.3 Å². The Morgan fingerprint density at radius 2 is 1.85 bits per heavy atom. The first kappa shape index (κ1) is 20.4. The van der Waals surface area contributed by atoms with E-state index in [0.717, 1.165) is 0 Å². The van der Waals surface area contributed by atoms with Crippen molar-refractivity contribution >= 4 is 17.6 Å². The molecule has 0 bridgehead atoms. The van der Waals surface area contributed by atoms with Gasteiger partial charge >= 0.3 is 12.6 Å². The number of amides is 1. The summed E-state index contributed by atoms with van der Waals surface area (Å²) in [5.74, 6) is -1.36. The lowest BCUT2D eigenvalue weighted by atomic mass is 10.1. The molecule has 1 amide bonds. The van der Waals surface area contributed by atoms with Crippen molar-refractivity contribution in [2.45, 2.75) is 33.5 Å². The van der Waals surface area contributed by atoms with Crippen molar-refractivity contribution in [1.82, 2.24) is 4.98 Å². The van der Waals surface area contributed by atoms with Gasteiger partial charge in [0, 0.05) is 16.9 Å². The number of benzene rings is 1. The normalized spacial score (nSPS) is 12.0. The number of esters is 1. The number of aromatic amines is 1. The molecule has 0 aliphatic rings. The molecule has 1 heterocycles. The first-order valence-electron chi connectivity index (χ1n) is 8.08. The van der Waals surface area contributed by atoms with Gasteiger partial charge in [-0.25, -0.2) is 4.79 Å². The van der Waals surface area contributed by atoms with Gasteiger partial charge in [-0.05, 0) is 50.6 Å². The molecule has 0 saturated heterocycles. The highest BCUT2D eigenvalue weighted by molar-refractivity contribution is 5.95. The Balaban J connectivity index is 1.92. The Morgan fingerprint density at radius 3 is 2.37 bits per heavy atom. The molecule has 2 aromatic rings. The smallest absolute Gasteiger partial charge is 0.387 e. The van der Waals surface area contributed by atoms with Gasteiger partial charge in [0.2, 0.25) is 0 Å². The molecule has 0 radical (unpaired) electrons. The van der Waals surface area contributed by atoms with E-state index in [9.17, 15) is 23.5 Å². The van der Waals surface area contributed by atoms with E-state index < -0.39 is 31.2 Å². The third-order valence-electron chi connectivity index (χ3n) is 3.82. The topological polar surface area (TPSA) is 101 Å². The van der Waals surface area contributed by atoms with Crippen LogP contribution >= 0.6 is 0 Å². The molecule has 7 nitrogen and oxygen atoms in total. The maximum absolute atomic E-state index is 12.2. The van der Waals surface area contributed by atoms with E-state index in [-0.39, 0.29) is 11.4 Å². The van der Waals surface area contributed by atoms with E-state index >= 15 is 0 Å². The summed E-state index contributed by atoms with van der Waals surface area (Å²) in [5.41, 5.74) is 2.32. The lowest BCUT2D eigenvalue weighted by Gasteiger charge is -2.08. The molecule has 9 heteroatoms. The molecule has 1 aromatic carbocycles. The van der Waals surface area contributed by atoms with Crippen molar-refractivity contribution in [1.29, 1.82) is 0 Å². The number of hydrogen-bond acceptors (Lipinski definition) is 5. The molecule has 0 aliphatic heterocycles. The van der Waals surface area contributed by atoms with Crippen LogP contribution in [0.4, 0.5) is 14.5 Å². The Bertz CT molecular complexity index is 816. The van der Waals surface area contributed by atoms with Crippen LogP contribution in [0.1, 0.15) is 40.3 Å². The molecule has 146 valence electrons. The van der Waals surface area contributed by atoms with Crippen molar-refractivity contribution in [3.05, 3.63) is 46.8 Å². The number of aliphatic hydroxyl groups excluding tert-OH is 1. The van der Waals surface area contributed by atoms with Gasteiger partial charge in [0.25, 0.3) is 5.91 Å². The zero-order chi connectivity index (χ0) is 20.1. The Hall–Kier alpha value is -2.94. The third kappa shape index (κ3) is 5.27. The molecule has 0 spiro atoms. The van der Waals surface area contributed by atoms with Crippen molar-refractivity contribution in [3.8, 4) is 5.75 Å². The number of alkyl halides is 2. The zero-order valence-corrected chi connectivity index (χ0v) is 15.0. The van der Waals surface area contributed by atoms with Crippen LogP contribution in [0.5, 0.6) is 5.75 Å². The molecule has 0 fully saturated rings. The number of ether oxygens (including phenoxy) is 2. The summed E-state index contributed by atoms with van der Waals surface area (Å²) in [6.45, 7) is 1.52. The van der Waals surface area contributed by atoms with Crippen molar-refractivity contribution in [2.24, 2.45) is 0 Å². The SMILES string of the molecule is Cc1[nH]c(C(=O)OCC(=O)Nc2ccc(OC(F)F)cc2)c(C)c1[C@H](C)O. The van der Waals surface area contributed by atoms with E-state index in [1.807, 2.05) is 0 Å². The van der Waals surface area contributed by atoms with E-state index in [4.69, 9.17) is 4.74 Å². The van der Waals surface area contributed by atoms with Crippen LogP contribution in [-0.4, -0.2) is 35.2 Å². The molecule has 0 unspecified atom stereocenters. The average Bonchev–Trinajstić information content (AvgIpc) is 2.88. The van der Waals surface area contributed by atoms with Crippen LogP contribution in [0.3, 0.4) is 0 Å². The number of anilines is 1. The average molecular weight is 382 g/mol. The summed E-state index contributed by atoms with van der Waals surface area (Å²) >= 11 is 0. The molecule has 1 aromatic heterocycles. The van der Waals surface area contributed by atoms with Crippen molar-refractivity contribution in [2.75, 3.05) is 11.9 Å². The minimum Gasteiger partial charge on any atom is -0.451 e. The predicted octanol–water partition coefficient (Wildman–Crippen LogP) is 3.08. The minimum absolute atomic E-state index is 0.0408. The number of halogens is 2. The first-order chi connectivity index (χ1) is 12.7. The molecule has 3 N–H and O–H groups in total. The van der Waals surface area contributed by atoms with Gasteiger partial charge in [-0.2, -0.15) is 8.78 Å². The number of carbonyl (C=O) groups is 2. The van der Waals surface area contributed by atoms with Crippen LogP contribution in [0.15, 0.2) is 24.3 Å². The summed E-state index contributed by atoms with van der Waals surface area (Å²) in [6, 6.07) is 5.31. The fourth-order valence-corrected chi connectivity index (χ4v) is 2.72. The number of rotatable bonds is 7. The van der Waals surface area contributed by atoms with Crippen LogP contribution in [-0.2, 0) is 9.53 Å². The standard InChI is InChI=1S/C18H20F2N2O5/c1-9-15(11(3)23)10(2)21-16(9)17(25)26-8-14(24)22-12-4-6-13(7-5-12)27-18(19)20/h4-7,11,18,21,23H,8H2,1-3H3,(H,22,24)/t11-/m0/s1. The molecule has 27 heavy (non-hydrogen) atoms. The quantitative estimate of drug-likeness (QED) is 0.639. The molecule has 1 atom stereocenters. The van der Waals surface area contributed by atoms with Gasteiger partial charge in [0.05, 0.1) is 6.10 Å². The van der Waals surface area contributed by atoms with Crippen LogP contribution in [0, 0.1) is 13.8 Å². The number of aliphatic hydroxyl groups is 1. The monoisotopic (exact) mass is 382 g/mol. The van der Waals surface area contributed by atoms with E-state index in [0.29, 0.717) is 22.5 Å². The van der Waals surface area contributed by atoms with E-state index in [2.05, 4.69) is 15.0 Å². The summed E-state index contributed by atoms with van der Waals surface area (Å²) in [6.07, 6.45) is -0.747. The largest absolute Gasteiger partial charge is 0.451 e. The Kier molecular flexibility index (Phi) is 6.51. The van der Waals surface area contributed by atoms with Gasteiger partial charge in [-0.1, -0.05) is 0 Å². The first-order valence-corrected chi connectivity index (χ1v) is 8.08. The summed E-state index contributed by atoms with van der Waals surface area (Å²) < 4.78 is 33.4. The second kappa shape index (κ2) is 8.63. The highest BCUT2D eigenvalue weighted by Gasteiger charge is 2.21. The molecule has 0 aliphatic carbocycles. The van der Waals surface area contributed by atoms with Crippen molar-refractivity contribution < 1.29 is 33.0 Å². The Labute approximate surface area is 154 Å². The zero-order valence-electron chi connectivity index (χ0n) is 15.0. The van der Waals surface area contributed by atoms with Gasteiger partial charge in [0.15, 0.2) is 6.61 Å². The number of hydrogen-bond donors (Lipinski definition) is 3. The number of H-pyrrole nitrogens is 1. The highest BCUT2D eigenvalue weighted by Crippen LogP contribution is 2.25. The summed E-state index contributed by atoms with van der Waals surface area (Å²) in [4.78, 5) is 26.9. The number of aromatic nitrogens is 1. The number of nitrogens with one attached hydrogen (secondary N) is 2. The van der Waals surface area contributed by atoms with Crippen LogP contribution < -0.4 is 10.1 Å². The second-order valence-corrected chi connectivity index (χ2v) is 5.87. The lowest BCUT2D eigenvalue weighted by Crippen LogP contribution is -2.21. The minimum atomic E-state index is -2.93. The molecule has 0 saturated carbocycles. The lowest BCUT2D eigenvalue weighted by molar-refractivity contribution is -0.119. The maximum atomic E-state index is 12.2. The molecular formula is C18H20F2N2O5. The molecular weight excluding hydrogens is 362 g/mol. The third-order valence-corrected chi connectivity index (χ3v) is 3.82. The van der Waals surface area contributed by atoms with Crippen molar-refractivity contribution in [3.63, 3.8) is 0 Å². The number of carbonyl (C=O) groups excluding carboxylic acids is 2. The maximum Gasteiger partial charge on any atom is 0.387 e. The van der Waals surface area contributed by atoms with Gasteiger partial charge in [-0.15, -0.1) is 0 Å². The van der Waals surface area contributed by atoms with Crippen LogP contribution in [0.25, 0.3) is 0 Å². The Morgan fingerprint density at radius 1 is 1.22 bits per heavy atom.